The van der Waals surface area contributed by atoms with Crippen molar-refractivity contribution < 1.29 is 23.5 Å². The molecule has 2 aromatic carbocycles. The summed E-state index contributed by atoms with van der Waals surface area (Å²) in [6.07, 6.45) is 0. The highest BCUT2D eigenvalue weighted by molar-refractivity contribution is 6.31. The van der Waals surface area contributed by atoms with Crippen LogP contribution in [0.1, 0.15) is 18.1 Å². The number of carbonyl (C=O) groups excluding carboxylic acids is 2. The number of hydrogen-bond donors (Lipinski definition) is 1. The molecule has 3 amide bonds. The topological polar surface area (TPSA) is 67.9 Å². The molecule has 2 aromatic rings. The summed E-state index contributed by atoms with van der Waals surface area (Å²) in [4.78, 5) is 26.4. The summed E-state index contributed by atoms with van der Waals surface area (Å²) in [7, 11) is 2.98. The number of methoxy groups -OCH3 is 2. The second-order valence-electron chi connectivity index (χ2n) is 6.22. The molecule has 1 heterocycles. The maximum absolute atomic E-state index is 14.1. The fourth-order valence-corrected chi connectivity index (χ4v) is 3.25. The Morgan fingerprint density at radius 1 is 1.15 bits per heavy atom. The third-order valence-corrected chi connectivity index (χ3v) is 4.97. The van der Waals surface area contributed by atoms with Crippen LogP contribution in [0.2, 0.25) is 5.02 Å². The molecule has 0 bridgehead atoms. The van der Waals surface area contributed by atoms with Crippen LogP contribution in [-0.4, -0.2) is 31.1 Å². The van der Waals surface area contributed by atoms with E-state index in [-0.39, 0.29) is 17.1 Å². The van der Waals surface area contributed by atoms with E-state index in [1.54, 1.807) is 25.1 Å². The van der Waals surface area contributed by atoms with Crippen molar-refractivity contribution in [1.29, 1.82) is 0 Å². The predicted molar refractivity (Wildman–Crippen MR) is 97.4 cm³/mol. The molecule has 3 rings (SSSR count). The van der Waals surface area contributed by atoms with Crippen LogP contribution in [-0.2, 0) is 16.9 Å². The molecule has 1 atom stereocenters. The lowest BCUT2D eigenvalue weighted by atomic mass is 9.91. The molecular formula is C19H18ClFN2O4. The quantitative estimate of drug-likeness (QED) is 0.791. The lowest BCUT2D eigenvalue weighted by Crippen LogP contribution is -2.40. The van der Waals surface area contributed by atoms with Crippen LogP contribution in [0.5, 0.6) is 11.5 Å². The molecule has 0 aliphatic carbocycles. The molecule has 1 saturated heterocycles. The molecule has 27 heavy (non-hydrogen) atoms. The summed E-state index contributed by atoms with van der Waals surface area (Å²) >= 11 is 6.02. The van der Waals surface area contributed by atoms with Crippen LogP contribution in [0.4, 0.5) is 9.18 Å². The molecule has 1 fully saturated rings. The zero-order chi connectivity index (χ0) is 19.8. The van der Waals surface area contributed by atoms with Crippen molar-refractivity contribution in [2.75, 3.05) is 14.2 Å². The van der Waals surface area contributed by atoms with Crippen molar-refractivity contribution in [3.63, 3.8) is 0 Å². The smallest absolute Gasteiger partial charge is 0.325 e. The normalized spacial score (nSPS) is 19.2. The van der Waals surface area contributed by atoms with Crippen molar-refractivity contribution in [2.45, 2.75) is 19.0 Å². The highest BCUT2D eigenvalue weighted by Crippen LogP contribution is 2.36. The van der Waals surface area contributed by atoms with Gasteiger partial charge in [0.25, 0.3) is 5.91 Å². The van der Waals surface area contributed by atoms with Crippen LogP contribution in [0.15, 0.2) is 36.4 Å². The molecule has 0 spiro atoms. The third-order valence-electron chi connectivity index (χ3n) is 4.61. The van der Waals surface area contributed by atoms with E-state index in [2.05, 4.69) is 5.32 Å². The maximum atomic E-state index is 14.1. The second-order valence-corrected chi connectivity index (χ2v) is 6.62. The lowest BCUT2D eigenvalue weighted by Gasteiger charge is -2.23. The minimum atomic E-state index is -1.33. The lowest BCUT2D eigenvalue weighted by molar-refractivity contribution is -0.131. The number of hydrogen-bond acceptors (Lipinski definition) is 4. The van der Waals surface area contributed by atoms with Gasteiger partial charge >= 0.3 is 6.03 Å². The summed E-state index contributed by atoms with van der Waals surface area (Å²) in [5.74, 6) is -0.174. The molecule has 1 N–H and O–H groups in total. The summed E-state index contributed by atoms with van der Waals surface area (Å²) in [5.41, 5.74) is -0.728. The average molecular weight is 393 g/mol. The zero-order valence-electron chi connectivity index (χ0n) is 15.0. The van der Waals surface area contributed by atoms with Crippen molar-refractivity contribution in [1.82, 2.24) is 10.2 Å². The van der Waals surface area contributed by atoms with Gasteiger partial charge in [-0.05, 0) is 36.8 Å². The summed E-state index contributed by atoms with van der Waals surface area (Å²) < 4.78 is 24.5. The Kier molecular flexibility index (Phi) is 4.97. The fraction of sp³-hybridized carbons (Fsp3) is 0.263. The minimum Gasteiger partial charge on any atom is -0.493 e. The zero-order valence-corrected chi connectivity index (χ0v) is 15.8. The number of imide groups is 1. The number of carbonyl (C=O) groups is 2. The van der Waals surface area contributed by atoms with Gasteiger partial charge in [-0.2, -0.15) is 0 Å². The van der Waals surface area contributed by atoms with Gasteiger partial charge in [0.1, 0.15) is 11.4 Å². The standard InChI is InChI=1S/C19H18ClFN2O4/c1-19(11-7-8-15(26-2)16(9-11)27-3)17(24)23(18(25)22-19)10-12-13(20)5-4-6-14(12)21/h4-9H,10H2,1-3H3,(H,22,25)/t19-/m0/s1. The van der Waals surface area contributed by atoms with Crippen LogP contribution in [0.25, 0.3) is 0 Å². The number of amides is 3. The Labute approximate surface area is 160 Å². The number of nitrogens with one attached hydrogen (secondary N) is 1. The van der Waals surface area contributed by atoms with E-state index in [0.717, 1.165) is 4.90 Å². The SMILES string of the molecule is COc1ccc([C@]2(C)NC(=O)N(Cc3c(F)cccc3Cl)C2=O)cc1OC. The highest BCUT2D eigenvalue weighted by atomic mass is 35.5. The first-order valence-electron chi connectivity index (χ1n) is 8.11. The maximum Gasteiger partial charge on any atom is 0.325 e. The van der Waals surface area contributed by atoms with Crippen LogP contribution < -0.4 is 14.8 Å². The van der Waals surface area contributed by atoms with E-state index >= 15 is 0 Å². The molecule has 0 radical (unpaired) electrons. The molecule has 1 aliphatic heterocycles. The molecule has 0 unspecified atom stereocenters. The van der Waals surface area contributed by atoms with Gasteiger partial charge < -0.3 is 14.8 Å². The number of ether oxygens (including phenoxy) is 2. The summed E-state index contributed by atoms with van der Waals surface area (Å²) in [5, 5.41) is 2.82. The molecule has 142 valence electrons. The second kappa shape index (κ2) is 7.08. The first-order valence-corrected chi connectivity index (χ1v) is 8.49. The Balaban J connectivity index is 1.95. The largest absolute Gasteiger partial charge is 0.493 e. The van der Waals surface area contributed by atoms with Gasteiger partial charge in [-0.15, -0.1) is 0 Å². The number of nitrogens with zero attached hydrogens (tertiary/aromatic N) is 1. The van der Waals surface area contributed by atoms with Gasteiger partial charge in [-0.3, -0.25) is 9.69 Å². The first kappa shape index (κ1) is 19.0. The number of halogens is 2. The number of benzene rings is 2. The van der Waals surface area contributed by atoms with Gasteiger partial charge in [-0.25, -0.2) is 9.18 Å². The van der Waals surface area contributed by atoms with E-state index in [1.165, 1.54) is 32.4 Å². The first-order chi connectivity index (χ1) is 12.8. The van der Waals surface area contributed by atoms with Crippen LogP contribution in [0, 0.1) is 5.82 Å². The average Bonchev–Trinajstić information content (AvgIpc) is 2.87. The Morgan fingerprint density at radius 3 is 2.48 bits per heavy atom. The molecular weight excluding hydrogens is 375 g/mol. The van der Waals surface area contributed by atoms with Gasteiger partial charge in [0.2, 0.25) is 0 Å². The summed E-state index contributed by atoms with van der Waals surface area (Å²) in [6, 6.07) is 8.50. The molecule has 0 saturated carbocycles. The summed E-state index contributed by atoms with van der Waals surface area (Å²) in [6.45, 7) is 1.32. The molecule has 1 aliphatic rings. The number of rotatable bonds is 5. The van der Waals surface area contributed by atoms with E-state index < -0.39 is 23.3 Å². The van der Waals surface area contributed by atoms with Gasteiger partial charge in [-0.1, -0.05) is 23.7 Å². The van der Waals surface area contributed by atoms with Crippen molar-refractivity contribution in [2.24, 2.45) is 0 Å². The van der Waals surface area contributed by atoms with E-state index in [9.17, 15) is 14.0 Å². The monoisotopic (exact) mass is 392 g/mol. The Morgan fingerprint density at radius 2 is 1.85 bits per heavy atom. The van der Waals surface area contributed by atoms with E-state index in [0.29, 0.717) is 17.1 Å². The Hall–Kier alpha value is -2.80. The molecule has 0 aromatic heterocycles. The van der Waals surface area contributed by atoms with Crippen molar-refractivity contribution in [3.8, 4) is 11.5 Å². The van der Waals surface area contributed by atoms with E-state index in [4.69, 9.17) is 21.1 Å². The van der Waals surface area contributed by atoms with Crippen molar-refractivity contribution >= 4 is 23.5 Å². The van der Waals surface area contributed by atoms with Gasteiger partial charge in [0.15, 0.2) is 11.5 Å². The third kappa shape index (κ3) is 3.19. The van der Waals surface area contributed by atoms with Crippen LogP contribution in [0.3, 0.4) is 0 Å². The van der Waals surface area contributed by atoms with Crippen LogP contribution >= 0.6 is 11.6 Å². The highest BCUT2D eigenvalue weighted by Gasteiger charge is 2.49. The van der Waals surface area contributed by atoms with Gasteiger partial charge in [0, 0.05) is 10.6 Å². The van der Waals surface area contributed by atoms with Gasteiger partial charge in [0.05, 0.1) is 20.8 Å². The predicted octanol–water partition coefficient (Wildman–Crippen LogP) is 3.46. The molecule has 8 heteroatoms. The molecule has 6 nitrogen and oxygen atoms in total. The Bertz CT molecular complexity index is 900. The van der Waals surface area contributed by atoms with Crippen molar-refractivity contribution in [3.05, 3.63) is 58.4 Å². The minimum absolute atomic E-state index is 0.0826. The fourth-order valence-electron chi connectivity index (χ4n) is 3.02. The number of urea groups is 1. The van der Waals surface area contributed by atoms with E-state index in [1.807, 2.05) is 0 Å².